The van der Waals surface area contributed by atoms with Crippen molar-refractivity contribution >= 4 is 37.1 Å². The standard InChI is InChI=1S/2C17H14P.2CH3.Fe.Pd/c2*1-3-9-15(10-4-1)18(17-13-7-8-14-17)16-11-5-2-6-12-16;;;;/h2*1-14H;2*1H3;;/q;;2*-1;2*+2. The molecule has 0 atom stereocenters. The van der Waals surface area contributed by atoms with Crippen molar-refractivity contribution in [3.05, 3.63) is 199 Å². The fourth-order valence-electron chi connectivity index (χ4n) is 4.23. The third-order valence-electron chi connectivity index (χ3n) is 5.86. The van der Waals surface area contributed by atoms with Crippen molar-refractivity contribution < 1.29 is 37.5 Å². The van der Waals surface area contributed by atoms with Gasteiger partial charge >= 0.3 is 37.5 Å². The Labute approximate surface area is 271 Å². The van der Waals surface area contributed by atoms with Gasteiger partial charge in [0.05, 0.1) is 0 Å². The molecule has 0 aromatic heterocycles. The van der Waals surface area contributed by atoms with Crippen LogP contribution in [-0.2, 0) is 37.5 Å². The molecule has 0 nitrogen and oxygen atoms in total. The molecule has 0 amide bonds. The predicted molar refractivity (Wildman–Crippen MR) is 172 cm³/mol. The summed E-state index contributed by atoms with van der Waals surface area (Å²) in [6, 6.07) is 43.1. The minimum absolute atomic E-state index is 0. The van der Waals surface area contributed by atoms with Crippen LogP contribution in [-0.4, -0.2) is 0 Å². The van der Waals surface area contributed by atoms with Crippen LogP contribution < -0.4 is 21.2 Å². The number of benzene rings is 4. The Morgan fingerprint density at radius 1 is 0.325 bits per heavy atom. The molecular formula is C36H34FeP2Pd+2. The van der Waals surface area contributed by atoms with Gasteiger partial charge in [-0.3, -0.25) is 0 Å². The summed E-state index contributed by atoms with van der Waals surface area (Å²) < 4.78 is 0. The second-order valence-electron chi connectivity index (χ2n) is 8.30. The van der Waals surface area contributed by atoms with Gasteiger partial charge < -0.3 is 14.9 Å². The molecule has 2 aliphatic rings. The van der Waals surface area contributed by atoms with E-state index >= 15 is 0 Å². The molecule has 0 unspecified atom stereocenters. The van der Waals surface area contributed by atoms with Crippen molar-refractivity contribution in [3.63, 3.8) is 0 Å². The summed E-state index contributed by atoms with van der Waals surface area (Å²) in [5, 5.41) is 5.63. The molecule has 0 aliphatic heterocycles. The van der Waals surface area contributed by atoms with Crippen LogP contribution in [0.5, 0.6) is 0 Å². The van der Waals surface area contributed by atoms with Crippen molar-refractivity contribution in [2.45, 2.75) is 0 Å². The quantitative estimate of drug-likeness (QED) is 0.110. The molecule has 0 spiro atoms. The first-order valence-electron chi connectivity index (χ1n) is 12.1. The van der Waals surface area contributed by atoms with Gasteiger partial charge in [0, 0.05) is 11.3 Å². The predicted octanol–water partition coefficient (Wildman–Crippen LogP) is 7.86. The second-order valence-corrected chi connectivity index (χ2v) is 12.7. The Balaban J connectivity index is 0.000000364. The maximum atomic E-state index is 2.23. The van der Waals surface area contributed by atoms with Crippen LogP contribution in [0.2, 0.25) is 0 Å². The zero-order chi connectivity index (χ0) is 24.4. The summed E-state index contributed by atoms with van der Waals surface area (Å²) in [5.41, 5.74) is 2.84. The Bertz CT molecular complexity index is 973. The minimum Gasteiger partial charge on any atom is -0.358 e. The average molecular weight is 691 g/mol. The van der Waals surface area contributed by atoms with Gasteiger partial charge in [-0.2, -0.15) is 0 Å². The molecule has 0 heterocycles. The largest absolute Gasteiger partial charge is 2.00 e. The molecule has 10 radical (unpaired) electrons. The maximum Gasteiger partial charge on any atom is 2.00 e. The normalized spacial score (nSPS) is 14.7. The smallest absolute Gasteiger partial charge is 0.358 e. The molecule has 4 aromatic rings. The topological polar surface area (TPSA) is 0 Å². The number of hydrogen-bond donors (Lipinski definition) is 0. The Kier molecular flexibility index (Phi) is 18.4. The molecule has 4 heteroatoms. The average Bonchev–Trinajstić information content (AvgIpc) is 3.68. The van der Waals surface area contributed by atoms with Gasteiger partial charge in [-0.1, -0.05) is 121 Å². The molecule has 6 rings (SSSR count). The summed E-state index contributed by atoms with van der Waals surface area (Å²) in [7, 11) is -0.818. The second kappa shape index (κ2) is 19.9. The fraction of sp³-hybridized carbons (Fsp3) is 0. The Morgan fingerprint density at radius 3 is 0.725 bits per heavy atom. The zero-order valence-corrected chi connectivity index (χ0v) is 27.2. The van der Waals surface area contributed by atoms with Gasteiger partial charge in [0.1, 0.15) is 0 Å². The van der Waals surface area contributed by atoms with Gasteiger partial charge in [0.25, 0.3) is 0 Å². The van der Waals surface area contributed by atoms with E-state index < -0.39 is 15.8 Å². The van der Waals surface area contributed by atoms with E-state index in [2.05, 4.69) is 173 Å². The van der Waals surface area contributed by atoms with Crippen molar-refractivity contribution in [1.29, 1.82) is 0 Å². The van der Waals surface area contributed by atoms with E-state index in [-0.39, 0.29) is 52.3 Å². The molecule has 2 aliphatic carbocycles. The summed E-state index contributed by atoms with van der Waals surface area (Å²) in [6.07, 6.45) is 17.4. The van der Waals surface area contributed by atoms with Crippen LogP contribution in [0.3, 0.4) is 0 Å². The maximum absolute atomic E-state index is 2.23. The Hall–Kier alpha value is -1.08. The Morgan fingerprint density at radius 2 is 0.525 bits per heavy atom. The molecule has 2 saturated carbocycles. The van der Waals surface area contributed by atoms with Crippen LogP contribution in [0.4, 0.5) is 0 Å². The molecule has 0 saturated heterocycles. The van der Waals surface area contributed by atoms with E-state index in [0.29, 0.717) is 0 Å². The fourth-order valence-corrected chi connectivity index (χ4v) is 8.84. The molecule has 2 fully saturated rings. The molecule has 4 aromatic carbocycles. The van der Waals surface area contributed by atoms with Gasteiger partial charge in [0.2, 0.25) is 0 Å². The van der Waals surface area contributed by atoms with Gasteiger partial charge in [0.15, 0.2) is 0 Å². The van der Waals surface area contributed by atoms with E-state index in [4.69, 9.17) is 0 Å². The van der Waals surface area contributed by atoms with Crippen LogP contribution in [0.1, 0.15) is 0 Å². The first-order valence-corrected chi connectivity index (χ1v) is 14.8. The third kappa shape index (κ3) is 10.0. The van der Waals surface area contributed by atoms with E-state index in [1.807, 2.05) is 0 Å². The third-order valence-corrected chi connectivity index (χ3v) is 10.8. The molecule has 204 valence electrons. The molecule has 0 N–H and O–H groups in total. The van der Waals surface area contributed by atoms with E-state index in [9.17, 15) is 0 Å². The van der Waals surface area contributed by atoms with Crippen molar-refractivity contribution in [1.82, 2.24) is 0 Å². The van der Waals surface area contributed by atoms with Gasteiger partial charge in [-0.15, -0.1) is 0 Å². The first kappa shape index (κ1) is 36.9. The monoisotopic (exact) mass is 690 g/mol. The minimum atomic E-state index is -0.409. The summed E-state index contributed by atoms with van der Waals surface area (Å²) in [6.45, 7) is 0. The molecule has 0 bridgehead atoms. The summed E-state index contributed by atoms with van der Waals surface area (Å²) in [5.74, 6) is 0. The number of rotatable bonds is 6. The first-order chi connectivity index (χ1) is 17.9. The van der Waals surface area contributed by atoms with Crippen molar-refractivity contribution in [2.24, 2.45) is 0 Å². The molecule has 40 heavy (non-hydrogen) atoms. The zero-order valence-electron chi connectivity index (χ0n) is 22.7. The van der Waals surface area contributed by atoms with E-state index in [1.54, 1.807) is 0 Å². The van der Waals surface area contributed by atoms with E-state index in [0.717, 1.165) is 0 Å². The number of hydrogen-bond acceptors (Lipinski definition) is 0. The van der Waals surface area contributed by atoms with Crippen molar-refractivity contribution in [2.75, 3.05) is 0 Å². The SMILES string of the molecule is [CH3-].[CH3-].[CH]1[CH][CH][C](P(c2ccccc2)c2ccccc2)[CH]1.[CH]1[CH][CH][C](P(c2ccccc2)c2ccccc2)[CH]1.[Fe+2].[Pd+2]. The summed E-state index contributed by atoms with van der Waals surface area (Å²) >= 11 is 0. The summed E-state index contributed by atoms with van der Waals surface area (Å²) in [4.78, 5) is 0. The molecular weight excluding hydrogens is 657 g/mol. The van der Waals surface area contributed by atoms with Crippen LogP contribution in [0.25, 0.3) is 0 Å². The van der Waals surface area contributed by atoms with E-state index in [1.165, 1.54) is 32.5 Å². The van der Waals surface area contributed by atoms with Crippen molar-refractivity contribution in [3.8, 4) is 0 Å². The van der Waals surface area contributed by atoms with Crippen LogP contribution >= 0.6 is 15.8 Å². The van der Waals surface area contributed by atoms with Gasteiger partial charge in [-0.25, -0.2) is 0 Å². The van der Waals surface area contributed by atoms with Gasteiger partial charge in [-0.05, 0) is 88.4 Å². The van der Waals surface area contributed by atoms with Crippen LogP contribution in [0, 0.1) is 77.5 Å². The van der Waals surface area contributed by atoms with Crippen LogP contribution in [0.15, 0.2) is 121 Å².